The molecule has 13 heavy (non-hydrogen) atoms. The maximum atomic E-state index is 4.38. The van der Waals surface area contributed by atoms with Crippen LogP contribution in [-0.2, 0) is 0 Å². The molecule has 2 heterocycles. The maximum Gasteiger partial charge on any atom is 0.119 e. The zero-order valence-electron chi connectivity index (χ0n) is 8.00. The average Bonchev–Trinajstić information content (AvgIpc) is 2.30. The lowest BCUT2D eigenvalue weighted by molar-refractivity contribution is 0.704. The number of hydrogen-bond donors (Lipinski definition) is 1. The Morgan fingerprint density at radius 1 is 1.62 bits per heavy atom. The quantitative estimate of drug-likeness (QED) is 0.687. The summed E-state index contributed by atoms with van der Waals surface area (Å²) >= 11 is 1.86. The van der Waals surface area contributed by atoms with Crippen LogP contribution >= 0.6 is 11.8 Å². The second-order valence-electron chi connectivity index (χ2n) is 3.61. The molecule has 0 saturated heterocycles. The van der Waals surface area contributed by atoms with Gasteiger partial charge in [-0.15, -0.1) is 11.8 Å². The molecular formula is C10H14N2S. The van der Waals surface area contributed by atoms with Gasteiger partial charge in [0, 0.05) is 18.5 Å². The lowest BCUT2D eigenvalue weighted by atomic mass is 10.2. The van der Waals surface area contributed by atoms with Crippen molar-refractivity contribution >= 4 is 17.4 Å². The summed E-state index contributed by atoms with van der Waals surface area (Å²) in [6, 6.07) is 2.06. The first kappa shape index (κ1) is 8.88. The van der Waals surface area contributed by atoms with Gasteiger partial charge in [0.05, 0.1) is 5.69 Å². The Labute approximate surface area is 83.1 Å². The summed E-state index contributed by atoms with van der Waals surface area (Å²) in [5.74, 6) is 1.88. The summed E-state index contributed by atoms with van der Waals surface area (Å²) in [7, 11) is 0. The first-order chi connectivity index (χ1) is 6.27. The standard InChI is InChI=1S/C10H14N2S/c1-7-5-12-9-8(2)3-4-11-10(9)13-6-7/h3-4,7,12H,5-6H2,1-2H3. The van der Waals surface area contributed by atoms with E-state index in [0.29, 0.717) is 0 Å². The number of hydrogen-bond acceptors (Lipinski definition) is 3. The molecule has 0 saturated carbocycles. The van der Waals surface area contributed by atoms with E-state index in [2.05, 4.69) is 30.2 Å². The van der Waals surface area contributed by atoms with Crippen LogP contribution in [0.5, 0.6) is 0 Å². The van der Waals surface area contributed by atoms with Crippen LogP contribution in [0.4, 0.5) is 5.69 Å². The molecule has 2 nitrogen and oxygen atoms in total. The summed E-state index contributed by atoms with van der Waals surface area (Å²) < 4.78 is 0. The van der Waals surface area contributed by atoms with Gasteiger partial charge in [0.15, 0.2) is 0 Å². The topological polar surface area (TPSA) is 24.9 Å². The molecular weight excluding hydrogens is 180 g/mol. The number of pyridine rings is 1. The molecule has 1 aromatic rings. The zero-order chi connectivity index (χ0) is 9.26. The third-order valence-corrected chi connectivity index (χ3v) is 3.58. The lowest BCUT2D eigenvalue weighted by Gasteiger charge is -2.09. The molecule has 1 aliphatic rings. The fourth-order valence-electron chi connectivity index (χ4n) is 1.41. The summed E-state index contributed by atoms with van der Waals surface area (Å²) in [6.07, 6.45) is 1.89. The fourth-order valence-corrected chi connectivity index (χ4v) is 2.49. The minimum Gasteiger partial charge on any atom is -0.382 e. The fraction of sp³-hybridized carbons (Fsp3) is 0.500. The van der Waals surface area contributed by atoms with E-state index in [9.17, 15) is 0 Å². The van der Waals surface area contributed by atoms with Crippen LogP contribution in [0.2, 0.25) is 0 Å². The van der Waals surface area contributed by atoms with Crippen molar-refractivity contribution in [2.75, 3.05) is 17.6 Å². The third-order valence-electron chi connectivity index (χ3n) is 2.26. The highest BCUT2D eigenvalue weighted by molar-refractivity contribution is 7.99. The second-order valence-corrected chi connectivity index (χ2v) is 4.61. The largest absolute Gasteiger partial charge is 0.382 e. The number of nitrogens with zero attached hydrogens (tertiary/aromatic N) is 1. The summed E-state index contributed by atoms with van der Waals surface area (Å²) in [5, 5.41) is 4.62. The lowest BCUT2D eigenvalue weighted by Crippen LogP contribution is -2.11. The Hall–Kier alpha value is -0.700. The monoisotopic (exact) mass is 194 g/mol. The van der Waals surface area contributed by atoms with Crippen molar-refractivity contribution in [3.8, 4) is 0 Å². The molecule has 0 fully saturated rings. The Bertz CT molecular complexity index is 312. The number of nitrogens with one attached hydrogen (secondary N) is 1. The van der Waals surface area contributed by atoms with E-state index in [4.69, 9.17) is 0 Å². The molecule has 0 aromatic carbocycles. The van der Waals surface area contributed by atoms with E-state index in [1.165, 1.54) is 11.3 Å². The van der Waals surface area contributed by atoms with Gasteiger partial charge in [0.2, 0.25) is 0 Å². The molecule has 1 aromatic heterocycles. The minimum atomic E-state index is 0.721. The minimum absolute atomic E-state index is 0.721. The molecule has 1 N–H and O–H groups in total. The van der Waals surface area contributed by atoms with Crippen LogP contribution < -0.4 is 5.32 Å². The van der Waals surface area contributed by atoms with Crippen molar-refractivity contribution in [2.45, 2.75) is 18.9 Å². The number of thioether (sulfide) groups is 1. The van der Waals surface area contributed by atoms with Crippen LogP contribution in [0.15, 0.2) is 17.3 Å². The predicted molar refractivity (Wildman–Crippen MR) is 57.4 cm³/mol. The molecule has 3 heteroatoms. The van der Waals surface area contributed by atoms with Gasteiger partial charge < -0.3 is 5.32 Å². The number of rotatable bonds is 0. The van der Waals surface area contributed by atoms with Crippen molar-refractivity contribution in [1.82, 2.24) is 4.98 Å². The van der Waals surface area contributed by atoms with E-state index >= 15 is 0 Å². The van der Waals surface area contributed by atoms with Crippen molar-refractivity contribution in [2.24, 2.45) is 5.92 Å². The molecule has 1 aliphatic heterocycles. The van der Waals surface area contributed by atoms with E-state index < -0.39 is 0 Å². The highest BCUT2D eigenvalue weighted by atomic mass is 32.2. The average molecular weight is 194 g/mol. The Morgan fingerprint density at radius 2 is 2.46 bits per heavy atom. The SMILES string of the molecule is Cc1ccnc2c1NCC(C)CS2. The summed E-state index contributed by atoms with van der Waals surface area (Å²) in [5.41, 5.74) is 2.53. The van der Waals surface area contributed by atoms with Crippen molar-refractivity contribution in [1.29, 1.82) is 0 Å². The summed E-state index contributed by atoms with van der Waals surface area (Å²) in [4.78, 5) is 4.38. The van der Waals surface area contributed by atoms with E-state index in [1.54, 1.807) is 0 Å². The Balaban J connectivity index is 2.35. The Morgan fingerprint density at radius 3 is 3.31 bits per heavy atom. The van der Waals surface area contributed by atoms with Gasteiger partial charge in [-0.2, -0.15) is 0 Å². The molecule has 2 rings (SSSR count). The molecule has 0 spiro atoms. The predicted octanol–water partition coefficient (Wildman–Crippen LogP) is 2.54. The number of anilines is 1. The molecule has 0 radical (unpaired) electrons. The van der Waals surface area contributed by atoms with E-state index in [0.717, 1.165) is 23.2 Å². The number of aromatic nitrogens is 1. The first-order valence-corrected chi connectivity index (χ1v) is 5.58. The van der Waals surface area contributed by atoms with Crippen LogP contribution in [0.3, 0.4) is 0 Å². The highest BCUT2D eigenvalue weighted by Gasteiger charge is 2.14. The molecule has 0 aliphatic carbocycles. The van der Waals surface area contributed by atoms with Crippen molar-refractivity contribution in [3.05, 3.63) is 17.8 Å². The molecule has 0 amide bonds. The number of fused-ring (bicyclic) bond motifs is 1. The van der Waals surface area contributed by atoms with Gasteiger partial charge in [-0.3, -0.25) is 0 Å². The van der Waals surface area contributed by atoms with Gasteiger partial charge in [0.1, 0.15) is 5.03 Å². The molecule has 70 valence electrons. The van der Waals surface area contributed by atoms with Crippen LogP contribution in [-0.4, -0.2) is 17.3 Å². The van der Waals surface area contributed by atoms with E-state index in [1.807, 2.05) is 18.0 Å². The van der Waals surface area contributed by atoms with Crippen LogP contribution in [0.1, 0.15) is 12.5 Å². The Kier molecular flexibility index (Phi) is 2.44. The third kappa shape index (κ3) is 1.80. The van der Waals surface area contributed by atoms with Gasteiger partial charge in [-0.1, -0.05) is 6.92 Å². The normalized spacial score (nSPS) is 21.5. The van der Waals surface area contributed by atoms with Crippen molar-refractivity contribution in [3.63, 3.8) is 0 Å². The van der Waals surface area contributed by atoms with Gasteiger partial charge >= 0.3 is 0 Å². The molecule has 0 bridgehead atoms. The van der Waals surface area contributed by atoms with E-state index in [-0.39, 0.29) is 0 Å². The zero-order valence-corrected chi connectivity index (χ0v) is 8.82. The van der Waals surface area contributed by atoms with Gasteiger partial charge in [-0.25, -0.2) is 4.98 Å². The first-order valence-electron chi connectivity index (χ1n) is 4.59. The van der Waals surface area contributed by atoms with Gasteiger partial charge in [0.25, 0.3) is 0 Å². The number of aryl methyl sites for hydroxylation is 1. The van der Waals surface area contributed by atoms with Gasteiger partial charge in [-0.05, 0) is 24.5 Å². The molecule has 1 unspecified atom stereocenters. The maximum absolute atomic E-state index is 4.38. The smallest absolute Gasteiger partial charge is 0.119 e. The summed E-state index contributed by atoms with van der Waals surface area (Å²) in [6.45, 7) is 5.46. The second kappa shape index (κ2) is 3.58. The van der Waals surface area contributed by atoms with Crippen LogP contribution in [0.25, 0.3) is 0 Å². The van der Waals surface area contributed by atoms with Crippen LogP contribution in [0, 0.1) is 12.8 Å². The highest BCUT2D eigenvalue weighted by Crippen LogP contribution is 2.31. The van der Waals surface area contributed by atoms with Crippen molar-refractivity contribution < 1.29 is 0 Å². The molecule has 1 atom stereocenters.